The van der Waals surface area contributed by atoms with Crippen molar-refractivity contribution in [2.24, 2.45) is 0 Å². The van der Waals surface area contributed by atoms with Crippen LogP contribution in [0.3, 0.4) is 0 Å². The van der Waals surface area contributed by atoms with Crippen molar-refractivity contribution in [3.05, 3.63) is 70.8 Å². The van der Waals surface area contributed by atoms with E-state index in [0.29, 0.717) is 37.8 Å². The standard InChI is InChI=1S/C19H19F2NO3/c20-16-9-6-14(12-17(16)21)2-1-3-18(23)22-11-10-13-4-7-15(8-5-13)19(24)25/h4-9,12H,1-3,10-11H2,(H,22,23)(H,24,25). The molecule has 0 radical (unpaired) electrons. The number of carboxylic acids is 1. The number of amides is 1. The van der Waals surface area contributed by atoms with Crippen LogP contribution in [-0.2, 0) is 17.6 Å². The minimum Gasteiger partial charge on any atom is -0.478 e. The second-order valence-electron chi connectivity index (χ2n) is 5.70. The Bertz CT molecular complexity index is 745. The maximum atomic E-state index is 13.1. The van der Waals surface area contributed by atoms with Crippen LogP contribution in [0, 0.1) is 11.6 Å². The molecule has 0 saturated heterocycles. The molecule has 4 nitrogen and oxygen atoms in total. The smallest absolute Gasteiger partial charge is 0.335 e. The largest absolute Gasteiger partial charge is 0.478 e. The molecule has 0 bridgehead atoms. The van der Waals surface area contributed by atoms with Gasteiger partial charge in [-0.15, -0.1) is 0 Å². The summed E-state index contributed by atoms with van der Waals surface area (Å²) in [6, 6.07) is 10.2. The fourth-order valence-electron chi connectivity index (χ4n) is 2.40. The number of rotatable bonds is 8. The van der Waals surface area contributed by atoms with E-state index in [0.717, 1.165) is 17.7 Å². The number of nitrogens with one attached hydrogen (secondary N) is 1. The lowest BCUT2D eigenvalue weighted by atomic mass is 10.1. The van der Waals surface area contributed by atoms with Crippen molar-refractivity contribution in [2.45, 2.75) is 25.7 Å². The van der Waals surface area contributed by atoms with Crippen molar-refractivity contribution < 1.29 is 23.5 Å². The van der Waals surface area contributed by atoms with Crippen LogP contribution in [0.15, 0.2) is 42.5 Å². The summed E-state index contributed by atoms with van der Waals surface area (Å²) in [5.41, 5.74) is 1.82. The molecule has 0 saturated carbocycles. The Morgan fingerprint density at radius 3 is 2.24 bits per heavy atom. The highest BCUT2D eigenvalue weighted by molar-refractivity contribution is 5.87. The second-order valence-corrected chi connectivity index (χ2v) is 5.70. The first-order valence-corrected chi connectivity index (χ1v) is 7.98. The summed E-state index contributed by atoms with van der Waals surface area (Å²) in [7, 11) is 0. The molecule has 0 aromatic heterocycles. The lowest BCUT2D eigenvalue weighted by Crippen LogP contribution is -2.25. The Morgan fingerprint density at radius 2 is 1.60 bits per heavy atom. The van der Waals surface area contributed by atoms with E-state index in [1.165, 1.54) is 18.2 Å². The monoisotopic (exact) mass is 347 g/mol. The number of aryl methyl sites for hydroxylation is 1. The number of benzene rings is 2. The molecule has 132 valence electrons. The molecule has 0 heterocycles. The number of aromatic carboxylic acids is 1. The van der Waals surface area contributed by atoms with Gasteiger partial charge in [0.25, 0.3) is 0 Å². The molecule has 0 spiro atoms. The Labute approximate surface area is 144 Å². The van der Waals surface area contributed by atoms with Gasteiger partial charge < -0.3 is 10.4 Å². The summed E-state index contributed by atoms with van der Waals surface area (Å²) in [6.45, 7) is 0.455. The van der Waals surface area contributed by atoms with Crippen LogP contribution in [0.2, 0.25) is 0 Å². The summed E-state index contributed by atoms with van der Waals surface area (Å²) in [5.74, 6) is -2.83. The molecule has 2 rings (SSSR count). The minimum absolute atomic E-state index is 0.107. The summed E-state index contributed by atoms with van der Waals surface area (Å²) >= 11 is 0. The van der Waals surface area contributed by atoms with Gasteiger partial charge in [0.05, 0.1) is 5.56 Å². The van der Waals surface area contributed by atoms with Crippen molar-refractivity contribution in [2.75, 3.05) is 6.54 Å². The maximum Gasteiger partial charge on any atom is 0.335 e. The predicted octanol–water partition coefficient (Wildman–Crippen LogP) is 3.34. The van der Waals surface area contributed by atoms with E-state index >= 15 is 0 Å². The second kappa shape index (κ2) is 8.92. The van der Waals surface area contributed by atoms with Gasteiger partial charge in [-0.1, -0.05) is 18.2 Å². The van der Waals surface area contributed by atoms with Gasteiger partial charge in [-0.05, 0) is 54.7 Å². The van der Waals surface area contributed by atoms with Gasteiger partial charge in [0.2, 0.25) is 5.91 Å². The van der Waals surface area contributed by atoms with E-state index in [-0.39, 0.29) is 11.5 Å². The van der Waals surface area contributed by atoms with Crippen molar-refractivity contribution in [3.63, 3.8) is 0 Å². The molecule has 0 unspecified atom stereocenters. The quantitative estimate of drug-likeness (QED) is 0.770. The fourth-order valence-corrected chi connectivity index (χ4v) is 2.40. The van der Waals surface area contributed by atoms with E-state index in [2.05, 4.69) is 5.32 Å². The Balaban J connectivity index is 1.66. The molecule has 0 aliphatic rings. The van der Waals surface area contributed by atoms with Gasteiger partial charge in [0.1, 0.15) is 0 Å². The van der Waals surface area contributed by atoms with Gasteiger partial charge in [-0.2, -0.15) is 0 Å². The molecule has 2 aromatic rings. The zero-order chi connectivity index (χ0) is 18.2. The molecule has 1 amide bonds. The topological polar surface area (TPSA) is 66.4 Å². The zero-order valence-corrected chi connectivity index (χ0v) is 13.6. The van der Waals surface area contributed by atoms with Crippen LogP contribution >= 0.6 is 0 Å². The third-order valence-electron chi connectivity index (χ3n) is 3.79. The lowest BCUT2D eigenvalue weighted by molar-refractivity contribution is -0.121. The average Bonchev–Trinajstić information content (AvgIpc) is 2.58. The van der Waals surface area contributed by atoms with E-state index in [1.807, 2.05) is 0 Å². The van der Waals surface area contributed by atoms with Crippen LogP contribution in [0.25, 0.3) is 0 Å². The minimum atomic E-state index is -0.971. The van der Waals surface area contributed by atoms with Gasteiger partial charge in [0.15, 0.2) is 11.6 Å². The first kappa shape index (κ1) is 18.6. The predicted molar refractivity (Wildman–Crippen MR) is 89.4 cm³/mol. The van der Waals surface area contributed by atoms with Gasteiger partial charge in [-0.25, -0.2) is 13.6 Å². The van der Waals surface area contributed by atoms with Crippen LogP contribution < -0.4 is 5.32 Å². The van der Waals surface area contributed by atoms with Gasteiger partial charge >= 0.3 is 5.97 Å². The third-order valence-corrected chi connectivity index (χ3v) is 3.79. The number of hydrogen-bond acceptors (Lipinski definition) is 2. The number of hydrogen-bond donors (Lipinski definition) is 2. The molecule has 0 aliphatic heterocycles. The number of carboxylic acid groups (broad SMARTS) is 1. The number of carbonyl (C=O) groups is 2. The molecule has 2 aromatic carbocycles. The van der Waals surface area contributed by atoms with Gasteiger partial charge in [-0.3, -0.25) is 4.79 Å². The Morgan fingerprint density at radius 1 is 0.920 bits per heavy atom. The van der Waals surface area contributed by atoms with E-state index in [1.54, 1.807) is 12.1 Å². The third kappa shape index (κ3) is 5.99. The molecule has 0 aliphatic carbocycles. The Kier molecular flexibility index (Phi) is 6.62. The van der Waals surface area contributed by atoms with Crippen molar-refractivity contribution in [1.82, 2.24) is 5.32 Å². The normalized spacial score (nSPS) is 10.5. The van der Waals surface area contributed by atoms with Crippen molar-refractivity contribution in [3.8, 4) is 0 Å². The molecule has 6 heteroatoms. The van der Waals surface area contributed by atoms with E-state index in [4.69, 9.17) is 5.11 Å². The van der Waals surface area contributed by atoms with Gasteiger partial charge in [0, 0.05) is 13.0 Å². The highest BCUT2D eigenvalue weighted by atomic mass is 19.2. The fraction of sp³-hybridized carbons (Fsp3) is 0.263. The zero-order valence-electron chi connectivity index (χ0n) is 13.6. The summed E-state index contributed by atoms with van der Waals surface area (Å²) in [5, 5.41) is 11.6. The van der Waals surface area contributed by atoms with Crippen LogP contribution in [0.5, 0.6) is 0 Å². The molecule has 25 heavy (non-hydrogen) atoms. The summed E-state index contributed by atoms with van der Waals surface area (Å²) in [6.07, 6.45) is 1.96. The van der Waals surface area contributed by atoms with Crippen LogP contribution in [0.1, 0.15) is 34.3 Å². The number of halogens is 2. The highest BCUT2D eigenvalue weighted by Gasteiger charge is 2.05. The maximum absolute atomic E-state index is 13.1. The number of carbonyl (C=O) groups excluding carboxylic acids is 1. The first-order valence-electron chi connectivity index (χ1n) is 7.98. The average molecular weight is 347 g/mol. The van der Waals surface area contributed by atoms with E-state index in [9.17, 15) is 18.4 Å². The summed E-state index contributed by atoms with van der Waals surface area (Å²) < 4.78 is 25.9. The van der Waals surface area contributed by atoms with Crippen molar-refractivity contribution >= 4 is 11.9 Å². The Hall–Kier alpha value is -2.76. The molecular formula is C19H19F2NO3. The molecule has 2 N–H and O–H groups in total. The SMILES string of the molecule is O=C(CCCc1ccc(F)c(F)c1)NCCc1ccc(C(=O)O)cc1. The van der Waals surface area contributed by atoms with Crippen LogP contribution in [0.4, 0.5) is 8.78 Å². The van der Waals surface area contributed by atoms with E-state index < -0.39 is 17.6 Å². The van der Waals surface area contributed by atoms with Crippen LogP contribution in [-0.4, -0.2) is 23.5 Å². The molecule has 0 fully saturated rings. The molecular weight excluding hydrogens is 328 g/mol. The summed E-state index contributed by atoms with van der Waals surface area (Å²) in [4.78, 5) is 22.5. The van der Waals surface area contributed by atoms with Crippen molar-refractivity contribution in [1.29, 1.82) is 0 Å². The lowest BCUT2D eigenvalue weighted by Gasteiger charge is -2.06. The highest BCUT2D eigenvalue weighted by Crippen LogP contribution is 2.11. The molecule has 0 atom stereocenters. The first-order chi connectivity index (χ1) is 12.0.